The molecule has 37 heavy (non-hydrogen) atoms. The summed E-state index contributed by atoms with van der Waals surface area (Å²) in [5.41, 5.74) is 2.74. The Morgan fingerprint density at radius 1 is 0.703 bits per heavy atom. The summed E-state index contributed by atoms with van der Waals surface area (Å²) in [6.07, 6.45) is 1.79. The zero-order valence-corrected chi connectivity index (χ0v) is 22.9. The van der Waals surface area contributed by atoms with E-state index in [0.717, 1.165) is 55.2 Å². The van der Waals surface area contributed by atoms with Crippen molar-refractivity contribution >= 4 is 98.6 Å². The second-order valence-electron chi connectivity index (χ2n) is 9.84. The standard InChI is InChI=1S/C29H18Br2N2O4/c1-3-4-10(2)17-24-21-15(28(36)33-29(24)37)9-16(30)20-11-5-7-13-19-14(27(35)32-26(13)34)8-6-12(18(11)19)22(23(20)21)25(17)31/h5-10H,3-4H2,1-2H3,(H,32,34,35)(H,33,36,37). The van der Waals surface area contributed by atoms with E-state index in [2.05, 4.69) is 56.3 Å². The maximum absolute atomic E-state index is 13.4. The molecule has 0 fully saturated rings. The SMILES string of the molecule is CCCC(C)c1c2c3c(cc(Br)c4c5ccc6c7c(ccc(c(c1Br)c34)c75)C(=O)NC6=O)C(=O)NC2=O. The van der Waals surface area contributed by atoms with Crippen LogP contribution < -0.4 is 10.6 Å². The van der Waals surface area contributed by atoms with Gasteiger partial charge in [-0.1, -0.05) is 48.3 Å². The van der Waals surface area contributed by atoms with Gasteiger partial charge in [-0.3, -0.25) is 29.8 Å². The summed E-state index contributed by atoms with van der Waals surface area (Å²) in [5, 5.41) is 11.3. The van der Waals surface area contributed by atoms with Crippen LogP contribution in [-0.2, 0) is 0 Å². The van der Waals surface area contributed by atoms with E-state index in [1.165, 1.54) is 0 Å². The predicted molar refractivity (Wildman–Crippen MR) is 150 cm³/mol. The number of imide groups is 2. The van der Waals surface area contributed by atoms with Crippen LogP contribution in [0, 0.1) is 0 Å². The molecule has 4 amide bonds. The highest BCUT2D eigenvalue weighted by atomic mass is 79.9. The maximum Gasteiger partial charge on any atom is 0.259 e. The molecule has 7 rings (SSSR count). The van der Waals surface area contributed by atoms with Gasteiger partial charge in [0.25, 0.3) is 23.6 Å². The average molecular weight is 618 g/mol. The molecule has 8 heteroatoms. The number of nitrogens with one attached hydrogen (secondary N) is 2. The number of halogens is 2. The number of carbonyl (C=O) groups is 4. The summed E-state index contributed by atoms with van der Waals surface area (Å²) in [4.78, 5) is 52.0. The van der Waals surface area contributed by atoms with Crippen LogP contribution in [-0.4, -0.2) is 23.6 Å². The van der Waals surface area contributed by atoms with Gasteiger partial charge in [0.15, 0.2) is 0 Å². The molecule has 0 spiro atoms. The molecular formula is C29H18Br2N2O4. The molecule has 1 atom stereocenters. The number of hydrogen-bond acceptors (Lipinski definition) is 4. The molecule has 0 bridgehead atoms. The van der Waals surface area contributed by atoms with Crippen molar-refractivity contribution in [3.63, 3.8) is 0 Å². The van der Waals surface area contributed by atoms with E-state index in [4.69, 9.17) is 0 Å². The second-order valence-corrected chi connectivity index (χ2v) is 11.5. The van der Waals surface area contributed by atoms with Crippen molar-refractivity contribution in [2.75, 3.05) is 0 Å². The predicted octanol–water partition coefficient (Wildman–Crippen LogP) is 6.93. The van der Waals surface area contributed by atoms with Crippen molar-refractivity contribution < 1.29 is 19.2 Å². The molecule has 2 aliphatic rings. The Morgan fingerprint density at radius 2 is 1.30 bits per heavy atom. The van der Waals surface area contributed by atoms with Crippen molar-refractivity contribution in [3.8, 4) is 0 Å². The van der Waals surface area contributed by atoms with Crippen LogP contribution in [0.1, 0.15) is 79.6 Å². The molecule has 5 aromatic rings. The molecule has 2 N–H and O–H groups in total. The molecule has 0 aliphatic carbocycles. The van der Waals surface area contributed by atoms with Crippen LogP contribution in [0.25, 0.3) is 43.1 Å². The van der Waals surface area contributed by atoms with Gasteiger partial charge in [-0.05, 0) is 68.2 Å². The van der Waals surface area contributed by atoms with Crippen molar-refractivity contribution in [2.24, 2.45) is 0 Å². The monoisotopic (exact) mass is 616 g/mol. The van der Waals surface area contributed by atoms with Gasteiger partial charge in [0.2, 0.25) is 0 Å². The lowest BCUT2D eigenvalue weighted by Crippen LogP contribution is -2.36. The molecule has 2 aliphatic heterocycles. The van der Waals surface area contributed by atoms with Gasteiger partial charge in [0.1, 0.15) is 0 Å². The van der Waals surface area contributed by atoms with E-state index >= 15 is 0 Å². The number of rotatable bonds is 3. The van der Waals surface area contributed by atoms with Crippen molar-refractivity contribution in [1.82, 2.24) is 10.6 Å². The van der Waals surface area contributed by atoms with Gasteiger partial charge in [-0.2, -0.15) is 0 Å². The molecule has 2 heterocycles. The lowest BCUT2D eigenvalue weighted by molar-refractivity contribution is 0.0828. The molecule has 5 aromatic carbocycles. The maximum atomic E-state index is 13.4. The molecule has 1 unspecified atom stereocenters. The number of benzene rings is 5. The van der Waals surface area contributed by atoms with Crippen LogP contribution in [0.2, 0.25) is 0 Å². The lowest BCUT2D eigenvalue weighted by atomic mass is 9.79. The van der Waals surface area contributed by atoms with Gasteiger partial charge in [0.05, 0.1) is 5.56 Å². The molecule has 0 saturated heterocycles. The third-order valence-electron chi connectivity index (χ3n) is 7.83. The summed E-state index contributed by atoms with van der Waals surface area (Å²) in [6.45, 7) is 4.20. The number of fused-ring (bicyclic) bond motifs is 2. The summed E-state index contributed by atoms with van der Waals surface area (Å²) in [7, 11) is 0. The Labute approximate surface area is 227 Å². The molecule has 0 saturated carbocycles. The molecular weight excluding hydrogens is 600 g/mol. The number of amides is 4. The Bertz CT molecular complexity index is 1940. The van der Waals surface area contributed by atoms with E-state index in [9.17, 15) is 19.2 Å². The smallest absolute Gasteiger partial charge is 0.259 e. The number of carbonyl (C=O) groups excluding carboxylic acids is 4. The highest BCUT2D eigenvalue weighted by molar-refractivity contribution is 9.11. The van der Waals surface area contributed by atoms with Crippen LogP contribution in [0.4, 0.5) is 0 Å². The van der Waals surface area contributed by atoms with Gasteiger partial charge in [0, 0.05) is 52.6 Å². The fourth-order valence-corrected chi connectivity index (χ4v) is 8.02. The minimum Gasteiger partial charge on any atom is -0.288 e. The molecule has 0 radical (unpaired) electrons. The van der Waals surface area contributed by atoms with Gasteiger partial charge in [-0.15, -0.1) is 0 Å². The van der Waals surface area contributed by atoms with E-state index < -0.39 is 23.6 Å². The van der Waals surface area contributed by atoms with Gasteiger partial charge < -0.3 is 0 Å². The average Bonchev–Trinajstić information content (AvgIpc) is 2.85. The third kappa shape index (κ3) is 2.75. The first-order valence-corrected chi connectivity index (χ1v) is 13.7. The van der Waals surface area contributed by atoms with E-state index in [0.29, 0.717) is 37.5 Å². The first-order chi connectivity index (χ1) is 17.7. The Balaban J connectivity index is 1.84. The summed E-state index contributed by atoms with van der Waals surface area (Å²) in [5.74, 6) is -1.62. The molecule has 6 nitrogen and oxygen atoms in total. The van der Waals surface area contributed by atoms with Crippen LogP contribution in [0.15, 0.2) is 39.3 Å². The van der Waals surface area contributed by atoms with Crippen LogP contribution >= 0.6 is 31.9 Å². The van der Waals surface area contributed by atoms with E-state index in [1.54, 1.807) is 18.2 Å². The quantitative estimate of drug-likeness (QED) is 0.130. The fourth-order valence-electron chi connectivity index (χ4n) is 6.38. The van der Waals surface area contributed by atoms with E-state index in [-0.39, 0.29) is 5.92 Å². The van der Waals surface area contributed by atoms with Gasteiger partial charge in [-0.25, -0.2) is 0 Å². The summed E-state index contributed by atoms with van der Waals surface area (Å²) in [6, 6.07) is 9.05. The Hall–Kier alpha value is -3.36. The first kappa shape index (κ1) is 22.8. The van der Waals surface area contributed by atoms with Crippen molar-refractivity contribution in [3.05, 3.63) is 67.1 Å². The largest absolute Gasteiger partial charge is 0.288 e. The summed E-state index contributed by atoms with van der Waals surface area (Å²) < 4.78 is 1.49. The van der Waals surface area contributed by atoms with Crippen molar-refractivity contribution in [2.45, 2.75) is 32.6 Å². The lowest BCUT2D eigenvalue weighted by Gasteiger charge is -2.28. The molecule has 182 valence electrons. The Morgan fingerprint density at radius 3 is 1.95 bits per heavy atom. The van der Waals surface area contributed by atoms with Crippen molar-refractivity contribution in [1.29, 1.82) is 0 Å². The van der Waals surface area contributed by atoms with Gasteiger partial charge >= 0.3 is 0 Å². The first-order valence-electron chi connectivity index (χ1n) is 12.1. The van der Waals surface area contributed by atoms with Crippen LogP contribution in [0.3, 0.4) is 0 Å². The van der Waals surface area contributed by atoms with Crippen LogP contribution in [0.5, 0.6) is 0 Å². The Kier molecular flexibility index (Phi) is 4.67. The zero-order valence-electron chi connectivity index (χ0n) is 19.8. The minimum absolute atomic E-state index is 0.0441. The third-order valence-corrected chi connectivity index (χ3v) is 9.28. The highest BCUT2D eigenvalue weighted by Crippen LogP contribution is 2.52. The normalized spacial score (nSPS) is 15.8. The number of hydrogen-bond donors (Lipinski definition) is 2. The summed E-state index contributed by atoms with van der Waals surface area (Å²) >= 11 is 7.60. The minimum atomic E-state index is -0.426. The topological polar surface area (TPSA) is 92.3 Å². The molecule has 0 aromatic heterocycles. The van der Waals surface area contributed by atoms with E-state index in [1.807, 2.05) is 12.1 Å². The second kappa shape index (κ2) is 7.58. The highest BCUT2D eigenvalue weighted by Gasteiger charge is 2.35. The fraction of sp³-hybridized carbons (Fsp3) is 0.172. The zero-order chi connectivity index (χ0) is 25.9.